The van der Waals surface area contributed by atoms with Gasteiger partial charge in [-0.1, -0.05) is 18.2 Å². The number of amides is 1. The minimum Gasteiger partial charge on any atom is -0.497 e. The molecule has 1 amide bonds. The van der Waals surface area contributed by atoms with Crippen molar-refractivity contribution in [3.63, 3.8) is 0 Å². The van der Waals surface area contributed by atoms with Crippen LogP contribution in [0.25, 0.3) is 0 Å². The summed E-state index contributed by atoms with van der Waals surface area (Å²) in [5.74, 6) is -1.15. The van der Waals surface area contributed by atoms with Crippen molar-refractivity contribution in [2.75, 3.05) is 25.7 Å². The number of anilines is 1. The van der Waals surface area contributed by atoms with Crippen LogP contribution in [-0.4, -0.2) is 43.5 Å². The largest absolute Gasteiger partial charge is 0.497 e. The molecule has 0 fully saturated rings. The molecule has 7 nitrogen and oxygen atoms in total. The summed E-state index contributed by atoms with van der Waals surface area (Å²) >= 11 is 0. The van der Waals surface area contributed by atoms with E-state index in [0.29, 0.717) is 22.6 Å². The van der Waals surface area contributed by atoms with Gasteiger partial charge in [0.05, 0.1) is 26.3 Å². The Hall–Kier alpha value is -3.19. The van der Waals surface area contributed by atoms with Gasteiger partial charge in [0, 0.05) is 11.1 Å². The number of esters is 1. The maximum absolute atomic E-state index is 12.9. The average Bonchev–Trinajstić information content (AvgIpc) is 2.90. The third-order valence-electron chi connectivity index (χ3n) is 4.58. The number of carbonyl (C=O) groups is 3. The zero-order chi connectivity index (χ0) is 19.6. The standard InChI is InChI=1S/C20H19NO6/c1-26-14-9-7-13(8-10-14)17(22)11-20(25)15-5-3-4-6-16(15)21(19(20)24)12-18(23)27-2/h3-10,25H,11-12H2,1-2H3. The Balaban J connectivity index is 1.92. The molecule has 1 aliphatic heterocycles. The summed E-state index contributed by atoms with van der Waals surface area (Å²) in [7, 11) is 2.73. The molecule has 1 heterocycles. The minimum atomic E-state index is -2.04. The number of ketones is 1. The lowest BCUT2D eigenvalue weighted by atomic mass is 9.88. The van der Waals surface area contributed by atoms with Crippen LogP contribution in [0.3, 0.4) is 0 Å². The molecule has 140 valence electrons. The van der Waals surface area contributed by atoms with E-state index in [4.69, 9.17) is 4.74 Å². The summed E-state index contributed by atoms with van der Waals surface area (Å²) in [6.45, 7) is -0.342. The molecule has 0 radical (unpaired) electrons. The summed E-state index contributed by atoms with van der Waals surface area (Å²) < 4.78 is 9.68. The van der Waals surface area contributed by atoms with Crippen LogP contribution in [0, 0.1) is 0 Å². The van der Waals surface area contributed by atoms with E-state index >= 15 is 0 Å². The van der Waals surface area contributed by atoms with E-state index < -0.39 is 29.7 Å². The molecule has 2 aromatic rings. The number of methoxy groups -OCH3 is 2. The fraction of sp³-hybridized carbons (Fsp3) is 0.250. The number of ether oxygens (including phenoxy) is 2. The smallest absolute Gasteiger partial charge is 0.325 e. The van der Waals surface area contributed by atoms with Crippen LogP contribution in [0.5, 0.6) is 5.75 Å². The second kappa shape index (κ2) is 7.20. The molecule has 3 rings (SSSR count). The highest BCUT2D eigenvalue weighted by Crippen LogP contribution is 2.42. The molecule has 27 heavy (non-hydrogen) atoms. The van der Waals surface area contributed by atoms with Crippen molar-refractivity contribution in [2.24, 2.45) is 0 Å². The number of aliphatic hydroxyl groups is 1. The van der Waals surface area contributed by atoms with Gasteiger partial charge in [0.15, 0.2) is 11.4 Å². The van der Waals surface area contributed by atoms with Crippen molar-refractivity contribution in [1.29, 1.82) is 0 Å². The SMILES string of the molecule is COC(=O)CN1C(=O)C(O)(CC(=O)c2ccc(OC)cc2)c2ccccc21. The maximum Gasteiger partial charge on any atom is 0.325 e. The fourth-order valence-corrected chi connectivity index (χ4v) is 3.14. The van der Waals surface area contributed by atoms with E-state index in [2.05, 4.69) is 4.74 Å². The van der Waals surface area contributed by atoms with E-state index in [1.807, 2.05) is 0 Å². The highest BCUT2D eigenvalue weighted by atomic mass is 16.5. The first-order valence-electron chi connectivity index (χ1n) is 8.28. The van der Waals surface area contributed by atoms with Gasteiger partial charge < -0.3 is 14.6 Å². The lowest BCUT2D eigenvalue weighted by Crippen LogP contribution is -2.43. The lowest BCUT2D eigenvalue weighted by Gasteiger charge is -2.22. The molecule has 0 spiro atoms. The van der Waals surface area contributed by atoms with Crippen LogP contribution >= 0.6 is 0 Å². The number of Topliss-reactive ketones (excluding diaryl/α,β-unsaturated/α-hetero) is 1. The Morgan fingerprint density at radius 1 is 1.07 bits per heavy atom. The molecule has 0 aliphatic carbocycles. The quantitative estimate of drug-likeness (QED) is 0.615. The van der Waals surface area contributed by atoms with Gasteiger partial charge in [0.2, 0.25) is 0 Å². The van der Waals surface area contributed by atoms with Crippen molar-refractivity contribution in [2.45, 2.75) is 12.0 Å². The van der Waals surface area contributed by atoms with E-state index in [1.165, 1.54) is 14.2 Å². The number of benzene rings is 2. The van der Waals surface area contributed by atoms with Gasteiger partial charge in [-0.05, 0) is 30.3 Å². The van der Waals surface area contributed by atoms with Crippen LogP contribution in [0.1, 0.15) is 22.3 Å². The topological polar surface area (TPSA) is 93.1 Å². The van der Waals surface area contributed by atoms with Crippen LogP contribution in [-0.2, 0) is 19.9 Å². The van der Waals surface area contributed by atoms with Crippen molar-refractivity contribution in [3.05, 3.63) is 59.7 Å². The predicted molar refractivity (Wildman–Crippen MR) is 96.6 cm³/mol. The molecular formula is C20H19NO6. The fourth-order valence-electron chi connectivity index (χ4n) is 3.14. The van der Waals surface area contributed by atoms with Crippen molar-refractivity contribution < 1.29 is 29.0 Å². The Labute approximate surface area is 156 Å². The Morgan fingerprint density at radius 3 is 2.37 bits per heavy atom. The molecule has 0 saturated heterocycles. The second-order valence-corrected chi connectivity index (χ2v) is 6.17. The molecule has 2 aromatic carbocycles. The van der Waals surface area contributed by atoms with Gasteiger partial charge >= 0.3 is 5.97 Å². The highest BCUT2D eigenvalue weighted by molar-refractivity contribution is 6.12. The summed E-state index contributed by atoms with van der Waals surface area (Å²) in [4.78, 5) is 38.4. The molecule has 1 N–H and O–H groups in total. The first-order valence-corrected chi connectivity index (χ1v) is 8.28. The van der Waals surface area contributed by atoms with Gasteiger partial charge in [-0.3, -0.25) is 19.3 Å². The zero-order valence-electron chi connectivity index (χ0n) is 15.0. The number of fused-ring (bicyclic) bond motifs is 1. The van der Waals surface area contributed by atoms with Gasteiger partial charge in [0.1, 0.15) is 12.3 Å². The van der Waals surface area contributed by atoms with E-state index in [9.17, 15) is 19.5 Å². The number of carbonyl (C=O) groups excluding carboxylic acids is 3. The summed E-state index contributed by atoms with van der Waals surface area (Å²) in [6, 6.07) is 12.9. The van der Waals surface area contributed by atoms with Crippen LogP contribution < -0.4 is 9.64 Å². The number of hydrogen-bond acceptors (Lipinski definition) is 6. The van der Waals surface area contributed by atoms with Gasteiger partial charge in [-0.25, -0.2) is 0 Å². The van der Waals surface area contributed by atoms with Crippen molar-refractivity contribution >= 4 is 23.3 Å². The first kappa shape index (κ1) is 18.6. The molecule has 0 aromatic heterocycles. The Bertz CT molecular complexity index is 892. The van der Waals surface area contributed by atoms with Crippen LogP contribution in [0.2, 0.25) is 0 Å². The normalized spacial score (nSPS) is 18.2. The predicted octanol–water partition coefficient (Wildman–Crippen LogP) is 1.68. The summed E-state index contributed by atoms with van der Waals surface area (Å²) in [5, 5.41) is 11.1. The van der Waals surface area contributed by atoms with Gasteiger partial charge in [-0.2, -0.15) is 0 Å². The maximum atomic E-state index is 12.9. The van der Waals surface area contributed by atoms with Crippen molar-refractivity contribution in [3.8, 4) is 5.75 Å². The molecule has 0 bridgehead atoms. The van der Waals surface area contributed by atoms with E-state index in [1.54, 1.807) is 48.5 Å². The first-order chi connectivity index (χ1) is 12.9. The number of nitrogens with zero attached hydrogens (tertiary/aromatic N) is 1. The summed E-state index contributed by atoms with van der Waals surface area (Å²) in [5.41, 5.74) is -1.01. The second-order valence-electron chi connectivity index (χ2n) is 6.17. The third kappa shape index (κ3) is 3.29. The molecule has 0 saturated carbocycles. The molecule has 1 atom stereocenters. The molecule has 1 aliphatic rings. The number of hydrogen-bond donors (Lipinski definition) is 1. The monoisotopic (exact) mass is 369 g/mol. The molecular weight excluding hydrogens is 350 g/mol. The van der Waals surface area contributed by atoms with Gasteiger partial charge in [-0.15, -0.1) is 0 Å². The summed E-state index contributed by atoms with van der Waals surface area (Å²) in [6.07, 6.45) is -0.438. The number of para-hydroxylation sites is 1. The van der Waals surface area contributed by atoms with E-state index in [0.717, 1.165) is 4.90 Å². The van der Waals surface area contributed by atoms with Gasteiger partial charge in [0.25, 0.3) is 5.91 Å². The zero-order valence-corrected chi connectivity index (χ0v) is 15.0. The number of rotatable bonds is 6. The third-order valence-corrected chi connectivity index (χ3v) is 4.58. The molecule has 1 unspecified atom stereocenters. The lowest BCUT2D eigenvalue weighted by molar-refractivity contribution is -0.142. The minimum absolute atomic E-state index is 0.292. The van der Waals surface area contributed by atoms with Crippen molar-refractivity contribution in [1.82, 2.24) is 0 Å². The Kier molecular flexibility index (Phi) is 4.96. The highest BCUT2D eigenvalue weighted by Gasteiger charge is 2.51. The van der Waals surface area contributed by atoms with Crippen LogP contribution in [0.15, 0.2) is 48.5 Å². The Morgan fingerprint density at radius 2 is 1.74 bits per heavy atom. The average molecular weight is 369 g/mol. The molecule has 7 heteroatoms. The van der Waals surface area contributed by atoms with Crippen LogP contribution in [0.4, 0.5) is 5.69 Å². The van der Waals surface area contributed by atoms with E-state index in [-0.39, 0.29) is 6.54 Å².